The Kier molecular flexibility index (Phi) is 5.49. The third-order valence-corrected chi connectivity index (χ3v) is 2.84. The van der Waals surface area contributed by atoms with Gasteiger partial charge in [-0.15, -0.1) is 0 Å². The van der Waals surface area contributed by atoms with Crippen LogP contribution in [0.25, 0.3) is 5.69 Å². The highest BCUT2D eigenvalue weighted by molar-refractivity contribution is 5.38. The average molecular weight is 275 g/mol. The monoisotopic (exact) mass is 275 g/mol. The highest BCUT2D eigenvalue weighted by atomic mass is 16.5. The third kappa shape index (κ3) is 4.31. The number of aromatic nitrogens is 4. The zero-order valence-corrected chi connectivity index (χ0v) is 12.0. The molecule has 0 spiro atoms. The summed E-state index contributed by atoms with van der Waals surface area (Å²) in [6.07, 6.45) is 1.09. The molecule has 20 heavy (non-hydrogen) atoms. The third-order valence-electron chi connectivity index (χ3n) is 2.84. The van der Waals surface area contributed by atoms with E-state index in [0.29, 0.717) is 25.0 Å². The summed E-state index contributed by atoms with van der Waals surface area (Å²) in [4.78, 5) is 0. The summed E-state index contributed by atoms with van der Waals surface area (Å²) in [6.45, 7) is 6.51. The van der Waals surface area contributed by atoms with E-state index in [1.165, 1.54) is 0 Å². The number of anilines is 1. The highest BCUT2D eigenvalue weighted by Gasteiger charge is 2.06. The van der Waals surface area contributed by atoms with Gasteiger partial charge in [-0.05, 0) is 34.9 Å². The van der Waals surface area contributed by atoms with Crippen molar-refractivity contribution in [2.24, 2.45) is 5.92 Å². The second-order valence-corrected chi connectivity index (χ2v) is 4.97. The summed E-state index contributed by atoms with van der Waals surface area (Å²) in [7, 11) is 0. The molecule has 0 saturated carbocycles. The molecule has 2 aromatic rings. The number of hydrogen-bond donors (Lipinski definition) is 1. The number of nitrogens with zero attached hydrogens (tertiary/aromatic N) is 4. The first-order valence-electron chi connectivity index (χ1n) is 6.93. The molecule has 1 aromatic heterocycles. The van der Waals surface area contributed by atoms with Crippen LogP contribution in [0.1, 0.15) is 20.3 Å². The standard InChI is InChI=1S/C14H21N5O/c1-12(2)8-10-20-11-9-15-14-16-17-18-19(14)13-6-4-3-5-7-13/h3-7,12H,8-11H2,1-2H3,(H,15,16,18). The summed E-state index contributed by atoms with van der Waals surface area (Å²) in [5.74, 6) is 1.30. The molecule has 1 aromatic carbocycles. The van der Waals surface area contributed by atoms with Crippen molar-refractivity contribution in [3.05, 3.63) is 30.3 Å². The van der Waals surface area contributed by atoms with E-state index in [-0.39, 0.29) is 0 Å². The Labute approximate surface area is 119 Å². The molecule has 0 radical (unpaired) electrons. The van der Waals surface area contributed by atoms with E-state index >= 15 is 0 Å². The molecule has 0 saturated heterocycles. The van der Waals surface area contributed by atoms with Gasteiger partial charge in [-0.1, -0.05) is 37.1 Å². The maximum absolute atomic E-state index is 5.55. The smallest absolute Gasteiger partial charge is 0.247 e. The van der Waals surface area contributed by atoms with Crippen molar-refractivity contribution in [2.45, 2.75) is 20.3 Å². The Bertz CT molecular complexity index is 497. The zero-order chi connectivity index (χ0) is 14.2. The molecule has 0 unspecified atom stereocenters. The van der Waals surface area contributed by atoms with Crippen LogP contribution in [0.15, 0.2) is 30.3 Å². The minimum atomic E-state index is 0.628. The fourth-order valence-corrected chi connectivity index (χ4v) is 1.70. The summed E-state index contributed by atoms with van der Waals surface area (Å²) < 4.78 is 7.22. The van der Waals surface area contributed by atoms with Crippen LogP contribution in [0, 0.1) is 5.92 Å². The van der Waals surface area contributed by atoms with Crippen LogP contribution < -0.4 is 5.32 Å². The SMILES string of the molecule is CC(C)CCOCCNc1nnnn1-c1ccccc1. The topological polar surface area (TPSA) is 64.9 Å². The summed E-state index contributed by atoms with van der Waals surface area (Å²) >= 11 is 0. The lowest BCUT2D eigenvalue weighted by molar-refractivity contribution is 0.132. The van der Waals surface area contributed by atoms with Gasteiger partial charge in [-0.2, -0.15) is 4.68 Å². The van der Waals surface area contributed by atoms with Gasteiger partial charge in [0.2, 0.25) is 5.95 Å². The van der Waals surface area contributed by atoms with Gasteiger partial charge in [0.05, 0.1) is 12.3 Å². The fraction of sp³-hybridized carbons (Fsp3) is 0.500. The molecule has 108 valence electrons. The van der Waals surface area contributed by atoms with Gasteiger partial charge in [0.15, 0.2) is 0 Å². The van der Waals surface area contributed by atoms with Crippen molar-refractivity contribution in [3.63, 3.8) is 0 Å². The van der Waals surface area contributed by atoms with E-state index in [4.69, 9.17) is 4.74 Å². The number of tetrazole rings is 1. The van der Waals surface area contributed by atoms with E-state index in [1.54, 1.807) is 4.68 Å². The maximum atomic E-state index is 5.55. The number of hydrogen-bond acceptors (Lipinski definition) is 5. The fourth-order valence-electron chi connectivity index (χ4n) is 1.70. The quantitative estimate of drug-likeness (QED) is 0.748. The van der Waals surface area contributed by atoms with Crippen molar-refractivity contribution < 1.29 is 4.74 Å². The van der Waals surface area contributed by atoms with Gasteiger partial charge in [0, 0.05) is 13.2 Å². The van der Waals surface area contributed by atoms with E-state index in [0.717, 1.165) is 18.7 Å². The number of para-hydroxylation sites is 1. The normalized spacial score (nSPS) is 10.9. The van der Waals surface area contributed by atoms with Crippen molar-refractivity contribution in [2.75, 3.05) is 25.1 Å². The van der Waals surface area contributed by atoms with Crippen LogP contribution in [-0.4, -0.2) is 40.0 Å². The molecule has 6 heteroatoms. The van der Waals surface area contributed by atoms with Gasteiger partial charge in [0.1, 0.15) is 0 Å². The molecule has 0 aliphatic heterocycles. The number of ether oxygens (including phenoxy) is 1. The van der Waals surface area contributed by atoms with E-state index < -0.39 is 0 Å². The number of nitrogens with one attached hydrogen (secondary N) is 1. The van der Waals surface area contributed by atoms with Crippen molar-refractivity contribution >= 4 is 5.95 Å². The largest absolute Gasteiger partial charge is 0.380 e. The first kappa shape index (κ1) is 14.5. The molecule has 6 nitrogen and oxygen atoms in total. The van der Waals surface area contributed by atoms with Crippen LogP contribution in [0.4, 0.5) is 5.95 Å². The molecular formula is C14H21N5O. The molecular weight excluding hydrogens is 254 g/mol. The molecule has 0 fully saturated rings. The highest BCUT2D eigenvalue weighted by Crippen LogP contribution is 2.09. The number of rotatable bonds is 8. The predicted octanol–water partition coefficient (Wildman–Crippen LogP) is 2.14. The Morgan fingerprint density at radius 2 is 2.00 bits per heavy atom. The molecule has 0 aliphatic carbocycles. The predicted molar refractivity (Wildman–Crippen MR) is 77.9 cm³/mol. The molecule has 1 N–H and O–H groups in total. The lowest BCUT2D eigenvalue weighted by Gasteiger charge is -2.08. The molecule has 1 heterocycles. The molecule has 2 rings (SSSR count). The van der Waals surface area contributed by atoms with Gasteiger partial charge in [-0.3, -0.25) is 0 Å². The van der Waals surface area contributed by atoms with Gasteiger partial charge < -0.3 is 10.1 Å². The maximum Gasteiger partial charge on any atom is 0.247 e. The Hall–Kier alpha value is -1.95. The zero-order valence-electron chi connectivity index (χ0n) is 12.0. The van der Waals surface area contributed by atoms with E-state index in [9.17, 15) is 0 Å². The van der Waals surface area contributed by atoms with Crippen LogP contribution in [0.3, 0.4) is 0 Å². The molecule has 0 amide bonds. The average Bonchev–Trinajstić information content (AvgIpc) is 2.92. The lowest BCUT2D eigenvalue weighted by atomic mass is 10.1. The summed E-state index contributed by atoms with van der Waals surface area (Å²) in [5, 5.41) is 14.8. The first-order chi connectivity index (χ1) is 9.77. The van der Waals surface area contributed by atoms with Crippen molar-refractivity contribution in [3.8, 4) is 5.69 Å². The number of benzene rings is 1. The van der Waals surface area contributed by atoms with Gasteiger partial charge in [0.25, 0.3) is 0 Å². The second-order valence-electron chi connectivity index (χ2n) is 4.97. The van der Waals surface area contributed by atoms with Gasteiger partial charge in [-0.25, -0.2) is 0 Å². The minimum Gasteiger partial charge on any atom is -0.380 e. The summed E-state index contributed by atoms with van der Waals surface area (Å²) in [6, 6.07) is 9.79. The second kappa shape index (κ2) is 7.59. The van der Waals surface area contributed by atoms with Gasteiger partial charge >= 0.3 is 0 Å². The van der Waals surface area contributed by atoms with Crippen LogP contribution >= 0.6 is 0 Å². The van der Waals surface area contributed by atoms with Crippen LogP contribution in [0.2, 0.25) is 0 Å². The van der Waals surface area contributed by atoms with E-state index in [1.807, 2.05) is 30.3 Å². The van der Waals surface area contributed by atoms with Crippen molar-refractivity contribution in [1.29, 1.82) is 0 Å². The molecule has 0 aliphatic rings. The van der Waals surface area contributed by atoms with Crippen LogP contribution in [0.5, 0.6) is 0 Å². The lowest BCUT2D eigenvalue weighted by Crippen LogP contribution is -2.14. The Morgan fingerprint density at radius 1 is 1.20 bits per heavy atom. The Morgan fingerprint density at radius 3 is 2.75 bits per heavy atom. The first-order valence-corrected chi connectivity index (χ1v) is 6.93. The van der Waals surface area contributed by atoms with Crippen LogP contribution in [-0.2, 0) is 4.74 Å². The molecule has 0 bridgehead atoms. The minimum absolute atomic E-state index is 0.628. The summed E-state index contributed by atoms with van der Waals surface area (Å²) in [5.41, 5.74) is 0.931. The Balaban J connectivity index is 1.78. The molecule has 0 atom stereocenters. The van der Waals surface area contributed by atoms with E-state index in [2.05, 4.69) is 34.7 Å². The van der Waals surface area contributed by atoms with Crippen molar-refractivity contribution in [1.82, 2.24) is 20.2 Å².